The SMILES string of the molecule is CC(C)(C)P([Si](C)(C)C)[Si](C)(C)C. The minimum absolute atomic E-state index is 0.294. The highest BCUT2D eigenvalue weighted by atomic mass is 31.6. The van der Waals surface area contributed by atoms with Crippen LogP contribution in [-0.4, -0.2) is 20.6 Å². The van der Waals surface area contributed by atoms with E-state index >= 15 is 0 Å². The van der Waals surface area contributed by atoms with Crippen LogP contribution in [0.5, 0.6) is 0 Å². The van der Waals surface area contributed by atoms with Gasteiger partial charge >= 0.3 is 0 Å². The topological polar surface area (TPSA) is 0 Å². The average molecular weight is 234 g/mol. The molecule has 0 saturated carbocycles. The summed E-state index contributed by atoms with van der Waals surface area (Å²) in [5.74, 6) is 0. The second-order valence-electron chi connectivity index (χ2n) is 6.85. The molecule has 0 N–H and O–H groups in total. The maximum atomic E-state index is 2.56. The highest BCUT2D eigenvalue weighted by molar-refractivity contribution is 8.19. The fraction of sp³-hybridized carbons (Fsp3) is 1.00. The summed E-state index contributed by atoms with van der Waals surface area (Å²) in [7, 11) is -1.57. The molecule has 80 valence electrons. The second-order valence-corrected chi connectivity index (χ2v) is 29.6. The van der Waals surface area contributed by atoms with Gasteiger partial charge in [0.1, 0.15) is 0 Å². The minimum Gasteiger partial charge on any atom is -0.124 e. The van der Waals surface area contributed by atoms with Crippen LogP contribution in [0, 0.1) is 0 Å². The quantitative estimate of drug-likeness (QED) is 0.469. The predicted octanol–water partition coefficient (Wildman–Crippen LogP) is 4.94. The summed E-state index contributed by atoms with van der Waals surface area (Å²) in [6.07, 6.45) is 0. The van der Waals surface area contributed by atoms with Crippen molar-refractivity contribution >= 4 is 22.5 Å². The zero-order valence-electron chi connectivity index (χ0n) is 10.9. The van der Waals surface area contributed by atoms with E-state index in [9.17, 15) is 0 Å². The molecule has 0 nitrogen and oxygen atoms in total. The third-order valence-corrected chi connectivity index (χ3v) is 30.2. The number of hydrogen-bond donors (Lipinski definition) is 0. The molecule has 0 bridgehead atoms. The number of hydrogen-bond acceptors (Lipinski definition) is 0. The van der Waals surface area contributed by atoms with Crippen LogP contribution in [0.1, 0.15) is 20.8 Å². The molecule has 0 aromatic heterocycles. The van der Waals surface area contributed by atoms with Crippen LogP contribution in [0.25, 0.3) is 0 Å². The fourth-order valence-electron chi connectivity index (χ4n) is 3.02. The van der Waals surface area contributed by atoms with Crippen molar-refractivity contribution in [1.29, 1.82) is 0 Å². The molecule has 0 rings (SSSR count). The molecule has 0 fully saturated rings. The van der Waals surface area contributed by atoms with Gasteiger partial charge in [0.05, 0.1) is 15.5 Å². The summed E-state index contributed by atoms with van der Waals surface area (Å²) in [5, 5.41) is 0.574. The molecule has 0 amide bonds. The van der Waals surface area contributed by atoms with Crippen molar-refractivity contribution in [3.8, 4) is 0 Å². The second kappa shape index (κ2) is 3.79. The van der Waals surface area contributed by atoms with Crippen molar-refractivity contribution in [3.63, 3.8) is 0 Å². The lowest BCUT2D eigenvalue weighted by atomic mass is 10.3. The van der Waals surface area contributed by atoms with E-state index in [0.29, 0.717) is 12.2 Å². The van der Waals surface area contributed by atoms with Crippen LogP contribution in [0.3, 0.4) is 0 Å². The Kier molecular flexibility index (Phi) is 4.04. The van der Waals surface area contributed by atoms with E-state index in [4.69, 9.17) is 0 Å². The molecular weight excluding hydrogens is 207 g/mol. The minimum atomic E-state index is -0.931. The zero-order valence-corrected chi connectivity index (χ0v) is 13.8. The van der Waals surface area contributed by atoms with Gasteiger partial charge in [0.25, 0.3) is 0 Å². The highest BCUT2D eigenvalue weighted by Crippen LogP contribution is 2.63. The van der Waals surface area contributed by atoms with Crippen molar-refractivity contribution in [2.24, 2.45) is 0 Å². The number of rotatable bonds is 2. The lowest BCUT2D eigenvalue weighted by Crippen LogP contribution is -2.40. The maximum absolute atomic E-state index is 2.56. The third-order valence-electron chi connectivity index (χ3n) is 2.01. The van der Waals surface area contributed by atoms with Gasteiger partial charge in [-0.1, -0.05) is 60.1 Å². The lowest BCUT2D eigenvalue weighted by Gasteiger charge is -2.48. The first-order valence-corrected chi connectivity index (χ1v) is 15.2. The summed E-state index contributed by atoms with van der Waals surface area (Å²) in [6.45, 7) is 22.7. The Balaban J connectivity index is 5.02. The van der Waals surface area contributed by atoms with E-state index < -0.39 is 15.5 Å². The molecule has 13 heavy (non-hydrogen) atoms. The molecule has 0 aromatic carbocycles. The summed E-state index contributed by atoms with van der Waals surface area (Å²) in [4.78, 5) is 0. The van der Waals surface area contributed by atoms with E-state index in [-0.39, 0.29) is 0 Å². The first kappa shape index (κ1) is 13.9. The van der Waals surface area contributed by atoms with Gasteiger partial charge in [-0.15, -0.1) is 7.02 Å². The Morgan fingerprint density at radius 2 is 0.923 bits per heavy atom. The summed E-state index contributed by atoms with van der Waals surface area (Å²) < 4.78 is 0. The van der Waals surface area contributed by atoms with Gasteiger partial charge in [0.15, 0.2) is 0 Å². The van der Waals surface area contributed by atoms with Gasteiger partial charge in [-0.2, -0.15) is 0 Å². The predicted molar refractivity (Wildman–Crippen MR) is 73.4 cm³/mol. The Morgan fingerprint density at radius 3 is 0.923 bits per heavy atom. The van der Waals surface area contributed by atoms with E-state index in [1.165, 1.54) is 0 Å². The normalized spacial score (nSPS) is 15.2. The largest absolute Gasteiger partial charge is 0.124 e. The molecule has 0 saturated heterocycles. The molecule has 0 heterocycles. The van der Waals surface area contributed by atoms with Crippen molar-refractivity contribution in [2.75, 3.05) is 0 Å². The summed E-state index contributed by atoms with van der Waals surface area (Å²) >= 11 is 0. The molecule has 0 unspecified atom stereocenters. The van der Waals surface area contributed by atoms with Crippen LogP contribution >= 0.6 is 7.02 Å². The van der Waals surface area contributed by atoms with Crippen molar-refractivity contribution in [1.82, 2.24) is 0 Å². The Labute approximate surface area is 88.0 Å². The zero-order chi connectivity index (χ0) is 11.1. The van der Waals surface area contributed by atoms with Crippen LogP contribution < -0.4 is 0 Å². The van der Waals surface area contributed by atoms with Crippen molar-refractivity contribution < 1.29 is 0 Å². The van der Waals surface area contributed by atoms with Crippen LogP contribution in [-0.2, 0) is 0 Å². The fourth-order valence-corrected chi connectivity index (χ4v) is 45.3. The molecule has 0 aliphatic heterocycles. The summed E-state index contributed by atoms with van der Waals surface area (Å²) in [6, 6.07) is 0. The van der Waals surface area contributed by atoms with Gasteiger partial charge in [0.2, 0.25) is 0 Å². The van der Waals surface area contributed by atoms with Gasteiger partial charge in [-0.3, -0.25) is 0 Å². The molecule has 0 aliphatic rings. The van der Waals surface area contributed by atoms with E-state index in [1.807, 2.05) is 0 Å². The molecule has 0 atom stereocenters. The molecule has 0 radical (unpaired) electrons. The van der Waals surface area contributed by atoms with E-state index in [2.05, 4.69) is 60.1 Å². The summed E-state index contributed by atoms with van der Waals surface area (Å²) in [5.41, 5.74) is 0. The van der Waals surface area contributed by atoms with Gasteiger partial charge in [0, 0.05) is 0 Å². The Hall–Kier alpha value is 0.864. The molecule has 0 spiro atoms. The first-order chi connectivity index (χ1) is 5.37. The standard InChI is InChI=1S/C10H27PSi2/c1-10(2,3)11(12(4,5)6)13(7,8)9/h1-9H3. The molecule has 0 aromatic rings. The van der Waals surface area contributed by atoms with Crippen molar-refractivity contribution in [3.05, 3.63) is 0 Å². The van der Waals surface area contributed by atoms with Gasteiger partial charge in [-0.05, 0) is 5.16 Å². The smallest absolute Gasteiger partial charge is 0.0685 e. The van der Waals surface area contributed by atoms with Crippen LogP contribution in [0.2, 0.25) is 39.3 Å². The van der Waals surface area contributed by atoms with Crippen molar-refractivity contribution in [2.45, 2.75) is 65.2 Å². The Morgan fingerprint density at radius 1 is 0.692 bits per heavy atom. The molecule has 3 heteroatoms. The highest BCUT2D eigenvalue weighted by Gasteiger charge is 2.43. The molecule has 0 aliphatic carbocycles. The van der Waals surface area contributed by atoms with Crippen LogP contribution in [0.15, 0.2) is 0 Å². The Bertz CT molecular complexity index is 136. The molecular formula is C10H27PSi2. The van der Waals surface area contributed by atoms with Crippen LogP contribution in [0.4, 0.5) is 0 Å². The van der Waals surface area contributed by atoms with E-state index in [1.54, 1.807) is 0 Å². The van der Waals surface area contributed by atoms with E-state index in [0.717, 1.165) is 0 Å². The average Bonchev–Trinajstić information content (AvgIpc) is 1.44. The monoisotopic (exact) mass is 234 g/mol. The first-order valence-electron chi connectivity index (χ1n) is 5.17. The third kappa shape index (κ3) is 4.27. The van der Waals surface area contributed by atoms with Gasteiger partial charge in [-0.25, -0.2) is 0 Å². The maximum Gasteiger partial charge on any atom is 0.0685 e. The lowest BCUT2D eigenvalue weighted by molar-refractivity contribution is 0.796. The van der Waals surface area contributed by atoms with Gasteiger partial charge < -0.3 is 0 Å².